The van der Waals surface area contributed by atoms with Crippen LogP contribution in [0.25, 0.3) is 0 Å². The number of unbranched alkanes of at least 4 members (excludes halogenated alkanes) is 3. The molecule has 0 atom stereocenters. The van der Waals surface area contributed by atoms with Crippen molar-refractivity contribution in [2.45, 2.75) is 65.3 Å². The molecule has 0 radical (unpaired) electrons. The minimum atomic E-state index is -1.96. The number of carboxylic acid groups (broad SMARTS) is 1. The van der Waals surface area contributed by atoms with E-state index < -0.39 is 30.2 Å². The van der Waals surface area contributed by atoms with E-state index in [1.165, 1.54) is 0 Å². The molecular formula is C17H31NO7. The van der Waals surface area contributed by atoms with Gasteiger partial charge in [0.05, 0.1) is 26.4 Å². The van der Waals surface area contributed by atoms with Crippen LogP contribution in [0.15, 0.2) is 0 Å². The largest absolute Gasteiger partial charge is 0.475 e. The molecule has 8 heteroatoms. The summed E-state index contributed by atoms with van der Waals surface area (Å²) in [5.41, 5.74) is 0. The number of hydrogen-bond acceptors (Lipinski definition) is 6. The SMILES string of the molecule is CCCCOC(OCCCC)(OCCCC)C(=O)NCC(=O)C(=O)O. The first-order valence-electron chi connectivity index (χ1n) is 8.89. The van der Waals surface area contributed by atoms with Gasteiger partial charge in [0.15, 0.2) is 0 Å². The van der Waals surface area contributed by atoms with E-state index in [9.17, 15) is 14.4 Å². The van der Waals surface area contributed by atoms with Crippen LogP contribution in [-0.2, 0) is 28.6 Å². The Labute approximate surface area is 149 Å². The van der Waals surface area contributed by atoms with E-state index in [4.69, 9.17) is 19.3 Å². The third-order valence-electron chi connectivity index (χ3n) is 3.30. The lowest BCUT2D eigenvalue weighted by atomic mass is 10.3. The number of Topliss-reactive ketones (excluding diaryl/α,β-unsaturated/α-hetero) is 1. The maximum absolute atomic E-state index is 12.5. The van der Waals surface area contributed by atoms with Gasteiger partial charge in [0.1, 0.15) is 0 Å². The Morgan fingerprint density at radius 1 is 0.840 bits per heavy atom. The van der Waals surface area contributed by atoms with E-state index in [0.717, 1.165) is 19.3 Å². The summed E-state index contributed by atoms with van der Waals surface area (Å²) in [5, 5.41) is 10.9. The molecule has 146 valence electrons. The third kappa shape index (κ3) is 9.52. The minimum absolute atomic E-state index is 0.245. The molecule has 0 aliphatic rings. The van der Waals surface area contributed by atoms with Crippen LogP contribution in [0.1, 0.15) is 59.3 Å². The molecule has 0 heterocycles. The van der Waals surface area contributed by atoms with E-state index in [-0.39, 0.29) is 19.8 Å². The van der Waals surface area contributed by atoms with Gasteiger partial charge < -0.3 is 24.6 Å². The highest BCUT2D eigenvalue weighted by Gasteiger charge is 2.43. The van der Waals surface area contributed by atoms with Gasteiger partial charge in [-0.3, -0.25) is 9.59 Å². The monoisotopic (exact) mass is 361 g/mol. The second-order valence-electron chi connectivity index (χ2n) is 5.57. The predicted molar refractivity (Wildman–Crippen MR) is 91.0 cm³/mol. The molecule has 0 rings (SSSR count). The number of carbonyl (C=O) groups excluding carboxylic acids is 2. The zero-order chi connectivity index (χ0) is 19.1. The average Bonchev–Trinajstić information content (AvgIpc) is 2.59. The lowest BCUT2D eigenvalue weighted by molar-refractivity contribution is -0.355. The van der Waals surface area contributed by atoms with Gasteiger partial charge in [0, 0.05) is 0 Å². The molecule has 25 heavy (non-hydrogen) atoms. The summed E-state index contributed by atoms with van der Waals surface area (Å²) in [6, 6.07) is 0. The van der Waals surface area contributed by atoms with Gasteiger partial charge in [0.2, 0.25) is 0 Å². The van der Waals surface area contributed by atoms with Crippen molar-refractivity contribution in [3.8, 4) is 0 Å². The van der Waals surface area contributed by atoms with Crippen molar-refractivity contribution in [1.82, 2.24) is 5.32 Å². The molecule has 0 fully saturated rings. The molecule has 0 spiro atoms. The second kappa shape index (κ2) is 13.7. The predicted octanol–water partition coefficient (Wildman–Crippen LogP) is 1.86. The fourth-order valence-electron chi connectivity index (χ4n) is 1.72. The third-order valence-corrected chi connectivity index (χ3v) is 3.30. The van der Waals surface area contributed by atoms with E-state index in [0.29, 0.717) is 19.3 Å². The molecule has 0 aromatic heterocycles. The van der Waals surface area contributed by atoms with Crippen LogP contribution in [0.2, 0.25) is 0 Å². The Kier molecular flexibility index (Phi) is 12.9. The van der Waals surface area contributed by atoms with Crippen LogP contribution >= 0.6 is 0 Å². The normalized spacial score (nSPS) is 11.3. The number of ketones is 1. The summed E-state index contributed by atoms with van der Waals surface area (Å²) in [6.45, 7) is 6.02. The highest BCUT2D eigenvalue weighted by Crippen LogP contribution is 2.19. The quantitative estimate of drug-likeness (QED) is 0.245. The summed E-state index contributed by atoms with van der Waals surface area (Å²) < 4.78 is 16.8. The maximum atomic E-state index is 12.5. The van der Waals surface area contributed by atoms with Crippen LogP contribution in [0.4, 0.5) is 0 Å². The highest BCUT2D eigenvalue weighted by atomic mass is 16.9. The molecule has 0 aromatic rings. The van der Waals surface area contributed by atoms with Crippen LogP contribution in [-0.4, -0.2) is 55.1 Å². The minimum Gasteiger partial charge on any atom is -0.475 e. The topological polar surface area (TPSA) is 111 Å². The Morgan fingerprint density at radius 2 is 1.24 bits per heavy atom. The highest BCUT2D eigenvalue weighted by molar-refractivity contribution is 6.33. The molecular weight excluding hydrogens is 330 g/mol. The zero-order valence-corrected chi connectivity index (χ0v) is 15.5. The lowest BCUT2D eigenvalue weighted by Crippen LogP contribution is -2.54. The number of hydrogen-bond donors (Lipinski definition) is 2. The molecule has 0 aliphatic heterocycles. The number of nitrogens with one attached hydrogen (secondary N) is 1. The summed E-state index contributed by atoms with van der Waals surface area (Å²) in [5.74, 6) is -5.50. The van der Waals surface area contributed by atoms with Gasteiger partial charge in [-0.05, 0) is 19.3 Å². The number of carboxylic acids is 1. The number of amides is 1. The molecule has 8 nitrogen and oxygen atoms in total. The first kappa shape index (κ1) is 23.5. The molecule has 0 aliphatic carbocycles. The van der Waals surface area contributed by atoms with E-state index in [1.54, 1.807) is 0 Å². The van der Waals surface area contributed by atoms with Gasteiger partial charge >= 0.3 is 17.8 Å². The Hall–Kier alpha value is -1.51. The Morgan fingerprint density at radius 3 is 1.56 bits per heavy atom. The summed E-state index contributed by atoms with van der Waals surface area (Å²) >= 11 is 0. The molecule has 0 bridgehead atoms. The smallest absolute Gasteiger partial charge is 0.374 e. The Balaban J connectivity index is 5.10. The van der Waals surface area contributed by atoms with E-state index >= 15 is 0 Å². The van der Waals surface area contributed by atoms with Crippen molar-refractivity contribution in [2.75, 3.05) is 26.4 Å². The summed E-state index contributed by atoms with van der Waals surface area (Å²) in [6.07, 6.45) is 4.70. The molecule has 0 unspecified atom stereocenters. The lowest BCUT2D eigenvalue weighted by Gasteiger charge is -2.31. The van der Waals surface area contributed by atoms with Gasteiger partial charge in [-0.1, -0.05) is 40.0 Å². The number of aliphatic carboxylic acids is 1. The molecule has 1 amide bonds. The molecule has 2 N–H and O–H groups in total. The maximum Gasteiger partial charge on any atom is 0.374 e. The molecule has 0 aromatic carbocycles. The summed E-state index contributed by atoms with van der Waals surface area (Å²) in [7, 11) is 0. The van der Waals surface area contributed by atoms with Crippen molar-refractivity contribution < 1.29 is 33.7 Å². The zero-order valence-electron chi connectivity index (χ0n) is 15.5. The van der Waals surface area contributed by atoms with Crippen LogP contribution in [0.5, 0.6) is 0 Å². The first-order valence-corrected chi connectivity index (χ1v) is 8.89. The number of carbonyl (C=O) groups is 3. The van der Waals surface area contributed by atoms with Crippen molar-refractivity contribution in [3.05, 3.63) is 0 Å². The van der Waals surface area contributed by atoms with Gasteiger partial charge in [-0.25, -0.2) is 4.79 Å². The molecule has 0 saturated heterocycles. The van der Waals surface area contributed by atoms with Gasteiger partial charge in [0.25, 0.3) is 5.78 Å². The Bertz CT molecular complexity index is 385. The number of ether oxygens (including phenoxy) is 3. The fourth-order valence-corrected chi connectivity index (χ4v) is 1.72. The summed E-state index contributed by atoms with van der Waals surface area (Å²) in [4.78, 5) is 34.4. The van der Waals surface area contributed by atoms with Crippen LogP contribution in [0, 0.1) is 0 Å². The first-order chi connectivity index (χ1) is 11.9. The fraction of sp³-hybridized carbons (Fsp3) is 0.824. The van der Waals surface area contributed by atoms with Crippen LogP contribution < -0.4 is 5.32 Å². The standard InChI is InChI=1S/C17H31NO7/c1-4-7-10-23-17(24-11-8-5-2,25-12-9-6-3)16(22)18-13-14(19)15(20)21/h4-13H2,1-3H3,(H,18,22)(H,20,21). The van der Waals surface area contributed by atoms with Gasteiger partial charge in [-0.15, -0.1) is 0 Å². The van der Waals surface area contributed by atoms with E-state index in [2.05, 4.69) is 5.32 Å². The average molecular weight is 361 g/mol. The van der Waals surface area contributed by atoms with E-state index in [1.807, 2.05) is 20.8 Å². The van der Waals surface area contributed by atoms with Crippen molar-refractivity contribution in [1.29, 1.82) is 0 Å². The van der Waals surface area contributed by atoms with Gasteiger partial charge in [-0.2, -0.15) is 0 Å². The number of rotatable bonds is 16. The van der Waals surface area contributed by atoms with Crippen LogP contribution in [0.3, 0.4) is 0 Å². The van der Waals surface area contributed by atoms with Crippen molar-refractivity contribution in [2.24, 2.45) is 0 Å². The second-order valence-corrected chi connectivity index (χ2v) is 5.57. The molecule has 0 saturated carbocycles. The van der Waals surface area contributed by atoms with Crippen molar-refractivity contribution in [3.63, 3.8) is 0 Å². The van der Waals surface area contributed by atoms with Crippen molar-refractivity contribution >= 4 is 17.7 Å².